The molecule has 0 unspecified atom stereocenters. The number of amides is 2. The Kier molecular flexibility index (Phi) is 6.19. The average molecular weight is 416 g/mol. The van der Waals surface area contributed by atoms with E-state index in [0.717, 1.165) is 17.0 Å². The number of hydrogen-bond acceptors (Lipinski definition) is 3. The van der Waals surface area contributed by atoms with Crippen molar-refractivity contribution in [2.45, 2.75) is 13.3 Å². The summed E-state index contributed by atoms with van der Waals surface area (Å²) in [6.07, 6.45) is 1.47. The number of hydrogen-bond donors (Lipinski definition) is 1. The van der Waals surface area contributed by atoms with Crippen LogP contribution < -0.4 is 10.2 Å². The quantitative estimate of drug-likeness (QED) is 0.646. The second kappa shape index (κ2) is 8.79. The maximum Gasteiger partial charge on any atom is 0.229 e. The smallest absolute Gasteiger partial charge is 0.229 e. The van der Waals surface area contributed by atoms with E-state index in [0.29, 0.717) is 16.3 Å². The van der Waals surface area contributed by atoms with Gasteiger partial charge in [-0.05, 0) is 29.8 Å². The summed E-state index contributed by atoms with van der Waals surface area (Å²) >= 11 is 6.07. The summed E-state index contributed by atoms with van der Waals surface area (Å²) < 4.78 is 26.8. The van der Waals surface area contributed by atoms with Crippen LogP contribution >= 0.6 is 11.6 Å². The lowest BCUT2D eigenvalue weighted by atomic mass is 10.1. The van der Waals surface area contributed by atoms with Crippen molar-refractivity contribution < 1.29 is 18.4 Å². The van der Waals surface area contributed by atoms with Crippen LogP contribution in [0.3, 0.4) is 0 Å². The molecule has 1 N–H and O–H groups in total. The van der Waals surface area contributed by atoms with E-state index in [1.54, 1.807) is 30.3 Å². The fourth-order valence-electron chi connectivity index (χ4n) is 2.74. The van der Waals surface area contributed by atoms with Crippen LogP contribution in [0, 0.1) is 11.6 Å². The number of halogens is 3. The lowest BCUT2D eigenvalue weighted by Gasteiger charge is -2.21. The Hall–Kier alpha value is -3.32. The van der Waals surface area contributed by atoms with E-state index in [1.165, 1.54) is 25.3 Å². The van der Waals surface area contributed by atoms with E-state index in [2.05, 4.69) is 10.3 Å². The zero-order chi connectivity index (χ0) is 21.0. The van der Waals surface area contributed by atoms with Crippen LogP contribution in [0.15, 0.2) is 60.8 Å². The van der Waals surface area contributed by atoms with Gasteiger partial charge in [0.2, 0.25) is 11.8 Å². The number of aromatic nitrogens is 1. The number of benzene rings is 2. The van der Waals surface area contributed by atoms with Crippen molar-refractivity contribution in [3.8, 4) is 0 Å². The molecule has 8 heteroatoms. The van der Waals surface area contributed by atoms with Crippen molar-refractivity contribution in [1.29, 1.82) is 0 Å². The molecule has 3 rings (SSSR count). The van der Waals surface area contributed by atoms with Gasteiger partial charge in [0.1, 0.15) is 5.82 Å². The van der Waals surface area contributed by atoms with E-state index in [9.17, 15) is 18.4 Å². The highest BCUT2D eigenvalue weighted by Gasteiger charge is 2.18. The molecule has 0 atom stereocenters. The Balaban J connectivity index is 1.83. The van der Waals surface area contributed by atoms with Gasteiger partial charge < -0.3 is 5.32 Å². The largest absolute Gasteiger partial charge is 0.326 e. The van der Waals surface area contributed by atoms with E-state index in [-0.39, 0.29) is 23.8 Å². The first-order valence-electron chi connectivity index (χ1n) is 8.60. The number of nitrogens with one attached hydrogen (secondary N) is 1. The summed E-state index contributed by atoms with van der Waals surface area (Å²) in [5.74, 6) is -2.72. The fraction of sp³-hybridized carbons (Fsp3) is 0.0952. The van der Waals surface area contributed by atoms with Crippen LogP contribution in [0.2, 0.25) is 5.02 Å². The van der Waals surface area contributed by atoms with Gasteiger partial charge in [-0.3, -0.25) is 14.5 Å². The van der Waals surface area contributed by atoms with Gasteiger partial charge in [-0.15, -0.1) is 0 Å². The molecule has 0 bridgehead atoms. The second-order valence-electron chi connectivity index (χ2n) is 6.17. The third-order valence-electron chi connectivity index (χ3n) is 4.04. The normalized spacial score (nSPS) is 10.5. The van der Waals surface area contributed by atoms with Crippen LogP contribution in [0.5, 0.6) is 0 Å². The summed E-state index contributed by atoms with van der Waals surface area (Å²) in [6.45, 7) is 1.27. The molecule has 0 aliphatic heterocycles. The molecular weight excluding hydrogens is 400 g/mol. The molecule has 1 heterocycles. The van der Waals surface area contributed by atoms with Crippen molar-refractivity contribution in [3.63, 3.8) is 0 Å². The highest BCUT2D eigenvalue weighted by Crippen LogP contribution is 2.27. The first kappa shape index (κ1) is 20.4. The summed E-state index contributed by atoms with van der Waals surface area (Å²) in [5.41, 5.74) is 1.18. The van der Waals surface area contributed by atoms with Crippen LogP contribution in [-0.4, -0.2) is 16.8 Å². The van der Waals surface area contributed by atoms with E-state index >= 15 is 0 Å². The topological polar surface area (TPSA) is 62.3 Å². The van der Waals surface area contributed by atoms with Crippen molar-refractivity contribution in [2.75, 3.05) is 10.2 Å². The van der Waals surface area contributed by atoms with Gasteiger partial charge in [-0.2, -0.15) is 0 Å². The van der Waals surface area contributed by atoms with Crippen molar-refractivity contribution in [1.82, 2.24) is 4.98 Å². The Morgan fingerprint density at radius 2 is 1.83 bits per heavy atom. The molecule has 0 aliphatic carbocycles. The van der Waals surface area contributed by atoms with Crippen LogP contribution in [0.4, 0.5) is 26.0 Å². The molecule has 2 amide bonds. The summed E-state index contributed by atoms with van der Waals surface area (Å²) in [7, 11) is 0. The standard InChI is InChI=1S/C21H16ClF2N3O2/c1-13(28)27(16-6-7-18(23)19(24)12-16)20-11-15(8-9-25-20)26-21(29)10-14-4-2-3-5-17(14)22/h2-9,11-12H,10H2,1H3,(H,25,26,29). The lowest BCUT2D eigenvalue weighted by Crippen LogP contribution is -2.24. The minimum Gasteiger partial charge on any atom is -0.326 e. The first-order chi connectivity index (χ1) is 13.8. The van der Waals surface area contributed by atoms with Crippen LogP contribution in [-0.2, 0) is 16.0 Å². The van der Waals surface area contributed by atoms with Gasteiger partial charge >= 0.3 is 0 Å². The predicted octanol–water partition coefficient (Wildman–Crippen LogP) is 4.88. The summed E-state index contributed by atoms with van der Waals surface area (Å²) in [4.78, 5) is 29.7. The molecule has 0 radical (unpaired) electrons. The van der Waals surface area contributed by atoms with Gasteiger partial charge in [-0.25, -0.2) is 13.8 Å². The Morgan fingerprint density at radius 3 is 2.52 bits per heavy atom. The molecule has 2 aromatic carbocycles. The van der Waals surface area contributed by atoms with Gasteiger partial charge in [0.25, 0.3) is 0 Å². The minimum absolute atomic E-state index is 0.0664. The third kappa shape index (κ3) is 4.94. The summed E-state index contributed by atoms with van der Waals surface area (Å²) in [6, 6.07) is 13.1. The molecule has 5 nitrogen and oxygen atoms in total. The SMILES string of the molecule is CC(=O)N(c1ccc(F)c(F)c1)c1cc(NC(=O)Cc2ccccc2Cl)ccn1. The van der Waals surface area contributed by atoms with Crippen molar-refractivity contribution >= 4 is 40.6 Å². The molecule has 0 fully saturated rings. The molecule has 3 aromatic rings. The highest BCUT2D eigenvalue weighted by atomic mass is 35.5. The molecule has 0 saturated heterocycles. The highest BCUT2D eigenvalue weighted by molar-refractivity contribution is 6.31. The Labute approximate surface area is 170 Å². The van der Waals surface area contributed by atoms with Gasteiger partial charge in [0.05, 0.1) is 12.1 Å². The maximum absolute atomic E-state index is 13.6. The number of carbonyl (C=O) groups is 2. The van der Waals surface area contributed by atoms with Gasteiger partial charge in [0.15, 0.2) is 11.6 Å². The van der Waals surface area contributed by atoms with E-state index < -0.39 is 17.5 Å². The lowest BCUT2D eigenvalue weighted by molar-refractivity contribution is -0.116. The minimum atomic E-state index is -1.09. The molecule has 0 aliphatic rings. The molecule has 0 saturated carbocycles. The maximum atomic E-state index is 13.6. The monoisotopic (exact) mass is 415 g/mol. The number of rotatable bonds is 5. The van der Waals surface area contributed by atoms with E-state index in [1.807, 2.05) is 0 Å². The number of carbonyl (C=O) groups excluding carboxylic acids is 2. The third-order valence-corrected chi connectivity index (χ3v) is 4.41. The second-order valence-corrected chi connectivity index (χ2v) is 6.58. The molecule has 1 aromatic heterocycles. The number of nitrogens with zero attached hydrogens (tertiary/aromatic N) is 2. The fourth-order valence-corrected chi connectivity index (χ4v) is 2.94. The van der Waals surface area contributed by atoms with Crippen molar-refractivity contribution in [3.05, 3.63) is 83.0 Å². The zero-order valence-electron chi connectivity index (χ0n) is 15.3. The molecular formula is C21H16ClF2N3O2. The molecule has 0 spiro atoms. The number of pyridine rings is 1. The van der Waals surface area contributed by atoms with Crippen LogP contribution in [0.25, 0.3) is 0 Å². The zero-order valence-corrected chi connectivity index (χ0v) is 16.1. The average Bonchev–Trinajstić information content (AvgIpc) is 2.67. The van der Waals surface area contributed by atoms with E-state index in [4.69, 9.17) is 11.6 Å². The Morgan fingerprint density at radius 1 is 1.07 bits per heavy atom. The predicted molar refractivity (Wildman–Crippen MR) is 107 cm³/mol. The number of anilines is 3. The Bertz CT molecular complexity index is 1080. The first-order valence-corrected chi connectivity index (χ1v) is 8.98. The molecule has 29 heavy (non-hydrogen) atoms. The summed E-state index contributed by atoms with van der Waals surface area (Å²) in [5, 5.41) is 3.20. The van der Waals surface area contributed by atoms with Gasteiger partial charge in [-0.1, -0.05) is 29.8 Å². The van der Waals surface area contributed by atoms with Crippen LogP contribution in [0.1, 0.15) is 12.5 Å². The molecule has 148 valence electrons. The van der Waals surface area contributed by atoms with Crippen molar-refractivity contribution in [2.24, 2.45) is 0 Å². The van der Waals surface area contributed by atoms with Gasteiger partial charge in [0, 0.05) is 36.0 Å².